The van der Waals surface area contributed by atoms with Gasteiger partial charge in [0.25, 0.3) is 0 Å². The number of benzene rings is 1. The Morgan fingerprint density at radius 2 is 1.76 bits per heavy atom. The molecule has 2 aromatic rings. The van der Waals surface area contributed by atoms with E-state index in [1.807, 2.05) is 11.0 Å². The second-order valence-electron chi connectivity index (χ2n) is 5.48. The molecule has 9 heteroatoms. The number of nitriles is 1. The first-order valence-corrected chi connectivity index (χ1v) is 8.92. The maximum atomic E-state index is 13.3. The van der Waals surface area contributed by atoms with E-state index in [1.54, 1.807) is 12.1 Å². The fourth-order valence-electron chi connectivity index (χ4n) is 2.58. The number of pyridine rings is 1. The van der Waals surface area contributed by atoms with Gasteiger partial charge < -0.3 is 4.90 Å². The van der Waals surface area contributed by atoms with Gasteiger partial charge in [0.1, 0.15) is 11.9 Å². The first-order chi connectivity index (χ1) is 11.9. The number of aromatic nitrogens is 1. The van der Waals surface area contributed by atoms with Crippen molar-refractivity contribution < 1.29 is 17.2 Å². The zero-order chi connectivity index (χ0) is 18.0. The minimum atomic E-state index is -3.88. The van der Waals surface area contributed by atoms with Crippen LogP contribution in [0.4, 0.5) is 14.6 Å². The Bertz CT molecular complexity index is 918. The number of hydrogen-bond acceptors (Lipinski definition) is 5. The maximum absolute atomic E-state index is 13.3. The number of halogens is 2. The molecule has 0 amide bonds. The Kier molecular flexibility index (Phi) is 4.65. The predicted octanol–water partition coefficient (Wildman–Crippen LogP) is 1.74. The summed E-state index contributed by atoms with van der Waals surface area (Å²) in [5, 5.41) is 8.78. The zero-order valence-corrected chi connectivity index (χ0v) is 13.9. The maximum Gasteiger partial charge on any atom is 0.243 e. The van der Waals surface area contributed by atoms with Gasteiger partial charge in [-0.05, 0) is 30.3 Å². The Morgan fingerprint density at radius 3 is 2.32 bits per heavy atom. The molecule has 0 aliphatic carbocycles. The first kappa shape index (κ1) is 17.3. The van der Waals surface area contributed by atoms with E-state index < -0.39 is 21.7 Å². The summed E-state index contributed by atoms with van der Waals surface area (Å²) in [4.78, 5) is 5.82. The van der Waals surface area contributed by atoms with Crippen molar-refractivity contribution in [2.75, 3.05) is 31.1 Å². The predicted molar refractivity (Wildman–Crippen MR) is 86.3 cm³/mol. The standard InChI is InChI=1S/C16H14F2N4O2S/c17-14-3-2-13(9-15(14)18)25(23,24)22-7-5-21(6-8-22)16-4-1-12(10-19)11-20-16/h1-4,9,11H,5-8H2. The lowest BCUT2D eigenvalue weighted by Crippen LogP contribution is -2.48. The average Bonchev–Trinajstić information content (AvgIpc) is 2.64. The first-order valence-electron chi connectivity index (χ1n) is 7.48. The van der Waals surface area contributed by atoms with Crippen molar-refractivity contribution in [3.8, 4) is 6.07 Å². The Labute approximate surface area is 144 Å². The van der Waals surface area contributed by atoms with Crippen molar-refractivity contribution in [3.05, 3.63) is 53.7 Å². The molecule has 25 heavy (non-hydrogen) atoms. The van der Waals surface area contributed by atoms with E-state index in [-0.39, 0.29) is 18.0 Å². The Hall–Kier alpha value is -2.57. The number of hydrogen-bond donors (Lipinski definition) is 0. The second-order valence-corrected chi connectivity index (χ2v) is 7.42. The molecule has 3 rings (SSSR count). The van der Waals surface area contributed by atoms with E-state index in [0.29, 0.717) is 30.5 Å². The second kappa shape index (κ2) is 6.74. The lowest BCUT2D eigenvalue weighted by molar-refractivity contribution is 0.383. The highest BCUT2D eigenvalue weighted by Gasteiger charge is 2.29. The van der Waals surface area contributed by atoms with Crippen LogP contribution >= 0.6 is 0 Å². The molecular weight excluding hydrogens is 350 g/mol. The van der Waals surface area contributed by atoms with Gasteiger partial charge in [-0.1, -0.05) is 0 Å². The molecule has 0 radical (unpaired) electrons. The van der Waals surface area contributed by atoms with Gasteiger partial charge in [0.2, 0.25) is 10.0 Å². The van der Waals surface area contributed by atoms with Crippen molar-refractivity contribution in [2.24, 2.45) is 0 Å². The van der Waals surface area contributed by atoms with Crippen LogP contribution in [0.5, 0.6) is 0 Å². The van der Waals surface area contributed by atoms with Crippen LogP contribution in [0, 0.1) is 23.0 Å². The minimum Gasteiger partial charge on any atom is -0.354 e. The smallest absolute Gasteiger partial charge is 0.243 e. The van der Waals surface area contributed by atoms with E-state index in [9.17, 15) is 17.2 Å². The molecule has 1 aliphatic heterocycles. The molecule has 0 spiro atoms. The van der Waals surface area contributed by atoms with Crippen LogP contribution in [-0.2, 0) is 10.0 Å². The summed E-state index contributed by atoms with van der Waals surface area (Å²) in [6.07, 6.45) is 1.46. The molecule has 1 aromatic heterocycles. The van der Waals surface area contributed by atoms with Crippen LogP contribution in [0.2, 0.25) is 0 Å². The van der Waals surface area contributed by atoms with Gasteiger partial charge in [-0.2, -0.15) is 9.57 Å². The molecule has 1 aliphatic rings. The van der Waals surface area contributed by atoms with Crippen LogP contribution in [0.1, 0.15) is 5.56 Å². The summed E-state index contributed by atoms with van der Waals surface area (Å²) in [5.74, 6) is -1.62. The third kappa shape index (κ3) is 3.45. The van der Waals surface area contributed by atoms with Gasteiger partial charge in [0.05, 0.1) is 10.5 Å². The molecular formula is C16H14F2N4O2S. The summed E-state index contributed by atoms with van der Waals surface area (Å²) in [7, 11) is -3.88. The van der Waals surface area contributed by atoms with E-state index in [1.165, 1.54) is 10.5 Å². The van der Waals surface area contributed by atoms with Crippen LogP contribution in [0.25, 0.3) is 0 Å². The van der Waals surface area contributed by atoms with E-state index in [4.69, 9.17) is 5.26 Å². The number of anilines is 1. The van der Waals surface area contributed by atoms with Gasteiger partial charge in [-0.25, -0.2) is 22.2 Å². The Morgan fingerprint density at radius 1 is 1.04 bits per heavy atom. The zero-order valence-electron chi connectivity index (χ0n) is 13.1. The molecule has 6 nitrogen and oxygen atoms in total. The highest BCUT2D eigenvalue weighted by atomic mass is 32.2. The van der Waals surface area contributed by atoms with Crippen molar-refractivity contribution in [1.82, 2.24) is 9.29 Å². The molecule has 1 saturated heterocycles. The normalized spacial score (nSPS) is 15.8. The molecule has 0 unspecified atom stereocenters. The van der Waals surface area contributed by atoms with Crippen LogP contribution < -0.4 is 4.90 Å². The third-order valence-electron chi connectivity index (χ3n) is 3.97. The lowest BCUT2D eigenvalue weighted by Gasteiger charge is -2.34. The fourth-order valence-corrected chi connectivity index (χ4v) is 4.02. The molecule has 130 valence electrons. The van der Waals surface area contributed by atoms with Crippen molar-refractivity contribution >= 4 is 15.8 Å². The molecule has 0 N–H and O–H groups in total. The Balaban J connectivity index is 1.72. The van der Waals surface area contributed by atoms with Gasteiger partial charge in [-0.15, -0.1) is 0 Å². The number of rotatable bonds is 3. The molecule has 0 atom stereocenters. The minimum absolute atomic E-state index is 0.197. The molecule has 1 aromatic carbocycles. The van der Waals surface area contributed by atoms with Crippen molar-refractivity contribution in [1.29, 1.82) is 5.26 Å². The lowest BCUT2D eigenvalue weighted by atomic mass is 10.3. The summed E-state index contributed by atoms with van der Waals surface area (Å²) < 4.78 is 52.7. The average molecular weight is 364 g/mol. The van der Waals surface area contributed by atoms with Crippen LogP contribution in [-0.4, -0.2) is 43.9 Å². The quantitative estimate of drug-likeness (QED) is 0.829. The molecule has 0 bridgehead atoms. The number of sulfonamides is 1. The van der Waals surface area contributed by atoms with E-state index in [0.717, 1.165) is 12.1 Å². The van der Waals surface area contributed by atoms with Gasteiger partial charge in [-0.3, -0.25) is 0 Å². The SMILES string of the molecule is N#Cc1ccc(N2CCN(S(=O)(=O)c3ccc(F)c(F)c3)CC2)nc1. The fraction of sp³-hybridized carbons (Fsp3) is 0.250. The van der Waals surface area contributed by atoms with E-state index >= 15 is 0 Å². The van der Waals surface area contributed by atoms with Gasteiger partial charge >= 0.3 is 0 Å². The van der Waals surface area contributed by atoms with Crippen molar-refractivity contribution in [2.45, 2.75) is 4.90 Å². The highest BCUT2D eigenvalue weighted by molar-refractivity contribution is 7.89. The summed E-state index contributed by atoms with van der Waals surface area (Å²) in [5.41, 5.74) is 0.448. The van der Waals surface area contributed by atoms with Gasteiger partial charge in [0, 0.05) is 32.4 Å². The summed E-state index contributed by atoms with van der Waals surface area (Å²) in [6, 6.07) is 7.89. The van der Waals surface area contributed by atoms with E-state index in [2.05, 4.69) is 4.98 Å². The van der Waals surface area contributed by atoms with Gasteiger partial charge in [0.15, 0.2) is 11.6 Å². The topological polar surface area (TPSA) is 77.3 Å². The third-order valence-corrected chi connectivity index (χ3v) is 5.86. The molecule has 0 saturated carbocycles. The summed E-state index contributed by atoms with van der Waals surface area (Å²) >= 11 is 0. The van der Waals surface area contributed by atoms with Crippen molar-refractivity contribution in [3.63, 3.8) is 0 Å². The van der Waals surface area contributed by atoms with Crippen LogP contribution in [0.3, 0.4) is 0 Å². The molecule has 2 heterocycles. The number of piperazine rings is 1. The molecule has 1 fully saturated rings. The van der Waals surface area contributed by atoms with Crippen LogP contribution in [0.15, 0.2) is 41.4 Å². The highest BCUT2D eigenvalue weighted by Crippen LogP contribution is 2.21. The summed E-state index contributed by atoms with van der Waals surface area (Å²) in [6.45, 7) is 1.20. The monoisotopic (exact) mass is 364 g/mol. The largest absolute Gasteiger partial charge is 0.354 e. The number of nitrogens with zero attached hydrogens (tertiary/aromatic N) is 4.